The Morgan fingerprint density at radius 1 is 1.50 bits per heavy atom. The standard InChI is InChI=1S/C13H18N6O/c1-3-5-11(14)13(20)15-10-7-4-6-9(8-10)12-16-17-18-19(12)2/h4,6-8,11H,3,5,14H2,1-2H3,(H,15,20). The predicted molar refractivity (Wildman–Crippen MR) is 75.7 cm³/mol. The number of tetrazole rings is 1. The Kier molecular flexibility index (Phi) is 4.41. The second kappa shape index (κ2) is 6.25. The Bertz CT molecular complexity index is 594. The molecule has 3 N–H and O–H groups in total. The highest BCUT2D eigenvalue weighted by molar-refractivity contribution is 5.95. The van der Waals surface area contributed by atoms with E-state index >= 15 is 0 Å². The van der Waals surface area contributed by atoms with Gasteiger partial charge in [0.1, 0.15) is 0 Å². The van der Waals surface area contributed by atoms with Crippen LogP contribution < -0.4 is 11.1 Å². The van der Waals surface area contributed by atoms with Crippen molar-refractivity contribution in [1.82, 2.24) is 20.2 Å². The molecule has 0 aliphatic rings. The molecule has 1 atom stereocenters. The van der Waals surface area contributed by atoms with Gasteiger partial charge in [0.2, 0.25) is 5.91 Å². The first-order valence-electron chi connectivity index (χ1n) is 6.51. The van der Waals surface area contributed by atoms with E-state index in [9.17, 15) is 4.79 Å². The molecule has 106 valence electrons. The minimum absolute atomic E-state index is 0.180. The quantitative estimate of drug-likeness (QED) is 0.845. The zero-order valence-corrected chi connectivity index (χ0v) is 11.6. The molecule has 0 bridgehead atoms. The van der Waals surface area contributed by atoms with Crippen LogP contribution >= 0.6 is 0 Å². The molecule has 1 heterocycles. The summed E-state index contributed by atoms with van der Waals surface area (Å²) in [7, 11) is 1.76. The van der Waals surface area contributed by atoms with E-state index in [1.165, 1.54) is 0 Å². The number of carbonyl (C=O) groups excluding carboxylic acids is 1. The monoisotopic (exact) mass is 274 g/mol. The van der Waals surface area contributed by atoms with Gasteiger partial charge in [0.05, 0.1) is 6.04 Å². The Hall–Kier alpha value is -2.28. The second-order valence-electron chi connectivity index (χ2n) is 4.59. The first-order valence-corrected chi connectivity index (χ1v) is 6.51. The molecule has 0 radical (unpaired) electrons. The highest BCUT2D eigenvalue weighted by Gasteiger charge is 2.13. The second-order valence-corrected chi connectivity index (χ2v) is 4.59. The van der Waals surface area contributed by atoms with Crippen molar-refractivity contribution in [2.45, 2.75) is 25.8 Å². The minimum atomic E-state index is -0.486. The van der Waals surface area contributed by atoms with Crippen LogP contribution in [0, 0.1) is 0 Å². The zero-order chi connectivity index (χ0) is 14.5. The number of hydrogen-bond donors (Lipinski definition) is 2. The highest BCUT2D eigenvalue weighted by Crippen LogP contribution is 2.19. The smallest absolute Gasteiger partial charge is 0.241 e. The van der Waals surface area contributed by atoms with Gasteiger partial charge in [-0.25, -0.2) is 4.68 Å². The van der Waals surface area contributed by atoms with Crippen molar-refractivity contribution >= 4 is 11.6 Å². The molecular weight excluding hydrogens is 256 g/mol. The summed E-state index contributed by atoms with van der Waals surface area (Å²) in [5, 5.41) is 14.1. The van der Waals surface area contributed by atoms with Gasteiger partial charge >= 0.3 is 0 Å². The number of nitrogens with two attached hydrogens (primary N) is 1. The fourth-order valence-electron chi connectivity index (χ4n) is 1.89. The van der Waals surface area contributed by atoms with Gasteiger partial charge in [-0.1, -0.05) is 25.5 Å². The third-order valence-corrected chi connectivity index (χ3v) is 2.94. The molecule has 7 nitrogen and oxygen atoms in total. The average Bonchev–Trinajstić information content (AvgIpc) is 2.85. The molecule has 0 spiro atoms. The fourth-order valence-corrected chi connectivity index (χ4v) is 1.89. The summed E-state index contributed by atoms with van der Waals surface area (Å²) in [6.07, 6.45) is 1.54. The minimum Gasteiger partial charge on any atom is -0.325 e. The van der Waals surface area contributed by atoms with E-state index in [0.29, 0.717) is 17.9 Å². The molecule has 0 fully saturated rings. The SMILES string of the molecule is CCCC(N)C(=O)Nc1cccc(-c2nnnn2C)c1. The average molecular weight is 274 g/mol. The number of anilines is 1. The summed E-state index contributed by atoms with van der Waals surface area (Å²) < 4.78 is 1.57. The van der Waals surface area contributed by atoms with E-state index in [-0.39, 0.29) is 5.91 Å². The van der Waals surface area contributed by atoms with E-state index in [1.54, 1.807) is 11.7 Å². The van der Waals surface area contributed by atoms with Crippen LogP contribution in [0.5, 0.6) is 0 Å². The van der Waals surface area contributed by atoms with Gasteiger partial charge in [-0.05, 0) is 29.0 Å². The van der Waals surface area contributed by atoms with Crippen molar-refractivity contribution in [1.29, 1.82) is 0 Å². The maximum atomic E-state index is 11.9. The first kappa shape index (κ1) is 14.1. The maximum Gasteiger partial charge on any atom is 0.241 e. The summed E-state index contributed by atoms with van der Waals surface area (Å²) in [6, 6.07) is 6.87. The normalized spacial score (nSPS) is 12.2. The highest BCUT2D eigenvalue weighted by atomic mass is 16.2. The number of aryl methyl sites for hydroxylation is 1. The molecule has 20 heavy (non-hydrogen) atoms. The largest absolute Gasteiger partial charge is 0.325 e. The summed E-state index contributed by atoms with van der Waals surface area (Å²) in [5.74, 6) is 0.457. The third-order valence-electron chi connectivity index (χ3n) is 2.94. The lowest BCUT2D eigenvalue weighted by Gasteiger charge is -2.11. The zero-order valence-electron chi connectivity index (χ0n) is 11.6. The Labute approximate surface area is 117 Å². The Morgan fingerprint density at radius 2 is 2.30 bits per heavy atom. The van der Waals surface area contributed by atoms with Crippen molar-refractivity contribution < 1.29 is 4.79 Å². The van der Waals surface area contributed by atoms with E-state index < -0.39 is 6.04 Å². The van der Waals surface area contributed by atoms with Crippen LogP contribution in [0.1, 0.15) is 19.8 Å². The molecule has 0 aliphatic heterocycles. The lowest BCUT2D eigenvalue weighted by molar-refractivity contribution is -0.117. The van der Waals surface area contributed by atoms with Crippen LogP contribution in [-0.4, -0.2) is 32.2 Å². The van der Waals surface area contributed by atoms with Gasteiger partial charge in [0, 0.05) is 18.3 Å². The van der Waals surface area contributed by atoms with E-state index in [4.69, 9.17) is 5.73 Å². The Morgan fingerprint density at radius 3 is 2.95 bits per heavy atom. The van der Waals surface area contributed by atoms with Crippen molar-refractivity contribution in [2.75, 3.05) is 5.32 Å². The number of rotatable bonds is 5. The lowest BCUT2D eigenvalue weighted by atomic mass is 10.1. The van der Waals surface area contributed by atoms with E-state index in [2.05, 4.69) is 20.8 Å². The van der Waals surface area contributed by atoms with Gasteiger partial charge in [-0.3, -0.25) is 4.79 Å². The van der Waals surface area contributed by atoms with Gasteiger partial charge in [-0.15, -0.1) is 5.10 Å². The third kappa shape index (κ3) is 3.18. The Balaban J connectivity index is 2.15. The molecule has 2 rings (SSSR count). The number of carbonyl (C=O) groups is 1. The van der Waals surface area contributed by atoms with Gasteiger partial charge in [0.25, 0.3) is 0 Å². The molecule has 0 aliphatic carbocycles. The fraction of sp³-hybridized carbons (Fsp3) is 0.385. The number of nitrogens with one attached hydrogen (secondary N) is 1. The molecular formula is C13H18N6O. The lowest BCUT2D eigenvalue weighted by Crippen LogP contribution is -2.35. The van der Waals surface area contributed by atoms with E-state index in [0.717, 1.165) is 12.0 Å². The molecule has 1 unspecified atom stereocenters. The molecule has 0 saturated carbocycles. The summed E-state index contributed by atoms with van der Waals surface area (Å²) >= 11 is 0. The van der Waals surface area contributed by atoms with Crippen LogP contribution in [-0.2, 0) is 11.8 Å². The summed E-state index contributed by atoms with van der Waals surface area (Å²) in [6.45, 7) is 1.99. The van der Waals surface area contributed by atoms with Crippen LogP contribution in [0.2, 0.25) is 0 Å². The van der Waals surface area contributed by atoms with Crippen molar-refractivity contribution in [2.24, 2.45) is 12.8 Å². The van der Waals surface area contributed by atoms with E-state index in [1.807, 2.05) is 31.2 Å². The van der Waals surface area contributed by atoms with Gasteiger partial charge < -0.3 is 11.1 Å². The van der Waals surface area contributed by atoms with Gasteiger partial charge in [-0.2, -0.15) is 0 Å². The molecule has 1 amide bonds. The van der Waals surface area contributed by atoms with Crippen molar-refractivity contribution in [3.63, 3.8) is 0 Å². The summed E-state index contributed by atoms with van der Waals surface area (Å²) in [5.41, 5.74) is 7.30. The number of benzene rings is 1. The van der Waals surface area contributed by atoms with Crippen molar-refractivity contribution in [3.8, 4) is 11.4 Å². The first-order chi connectivity index (χ1) is 9.61. The number of nitrogens with zero attached hydrogens (tertiary/aromatic N) is 4. The topological polar surface area (TPSA) is 98.7 Å². The number of amides is 1. The van der Waals surface area contributed by atoms with Crippen LogP contribution in [0.4, 0.5) is 5.69 Å². The van der Waals surface area contributed by atoms with Crippen LogP contribution in [0.15, 0.2) is 24.3 Å². The van der Waals surface area contributed by atoms with Crippen LogP contribution in [0.3, 0.4) is 0 Å². The summed E-state index contributed by atoms with van der Waals surface area (Å²) in [4.78, 5) is 11.9. The molecule has 1 aromatic heterocycles. The number of aromatic nitrogens is 4. The number of hydrogen-bond acceptors (Lipinski definition) is 5. The van der Waals surface area contributed by atoms with Crippen molar-refractivity contribution in [3.05, 3.63) is 24.3 Å². The maximum absolute atomic E-state index is 11.9. The molecule has 2 aromatic rings. The molecule has 1 aromatic carbocycles. The molecule has 7 heteroatoms. The molecule has 0 saturated heterocycles. The van der Waals surface area contributed by atoms with Crippen LogP contribution in [0.25, 0.3) is 11.4 Å². The van der Waals surface area contributed by atoms with Gasteiger partial charge in [0.15, 0.2) is 5.82 Å². The predicted octanol–water partition coefficient (Wildman–Crippen LogP) is 0.943.